The van der Waals surface area contributed by atoms with Gasteiger partial charge in [0.25, 0.3) is 0 Å². The topological polar surface area (TPSA) is 72.0 Å². The molecular formula is C15H24ClN3O2S. The Morgan fingerprint density at radius 2 is 1.82 bits per heavy atom. The van der Waals surface area contributed by atoms with E-state index < -0.39 is 9.84 Å². The van der Waals surface area contributed by atoms with Crippen LogP contribution in [0.4, 0.5) is 5.82 Å². The number of rotatable bonds is 5. The zero-order valence-corrected chi connectivity index (χ0v) is 14.8. The Morgan fingerprint density at radius 1 is 1.18 bits per heavy atom. The first-order valence-corrected chi connectivity index (χ1v) is 10.3. The molecule has 0 saturated heterocycles. The number of aromatic nitrogens is 2. The largest absolute Gasteiger partial charge is 0.367 e. The lowest BCUT2D eigenvalue weighted by molar-refractivity contribution is 0.599. The van der Waals surface area contributed by atoms with E-state index in [9.17, 15) is 8.42 Å². The molecule has 0 spiro atoms. The number of anilines is 1. The third kappa shape index (κ3) is 5.09. The Kier molecular flexibility index (Phi) is 6.03. The van der Waals surface area contributed by atoms with Crippen LogP contribution in [0.15, 0.2) is 0 Å². The molecule has 7 heteroatoms. The van der Waals surface area contributed by atoms with Crippen LogP contribution in [0.5, 0.6) is 0 Å². The summed E-state index contributed by atoms with van der Waals surface area (Å²) in [6.45, 7) is 2.00. The Hall–Kier alpha value is -0.880. The summed E-state index contributed by atoms with van der Waals surface area (Å²) in [5.74, 6) is 0.782. The highest BCUT2D eigenvalue weighted by Crippen LogP contribution is 2.26. The fourth-order valence-electron chi connectivity index (χ4n) is 2.85. The van der Waals surface area contributed by atoms with Gasteiger partial charge in [-0.2, -0.15) is 0 Å². The Bertz CT molecular complexity index is 611. The predicted molar refractivity (Wildman–Crippen MR) is 90.1 cm³/mol. The molecule has 0 radical (unpaired) electrons. The molecule has 1 aromatic heterocycles. The summed E-state index contributed by atoms with van der Waals surface area (Å²) in [4.78, 5) is 8.57. The number of nitrogens with zero attached hydrogens (tertiary/aromatic N) is 2. The Balaban J connectivity index is 2.26. The molecule has 0 atom stereocenters. The number of nitrogens with one attached hydrogen (secondary N) is 1. The number of hydrogen-bond acceptors (Lipinski definition) is 5. The molecule has 5 nitrogen and oxygen atoms in total. The smallest absolute Gasteiger partial charge is 0.154 e. The molecule has 0 bridgehead atoms. The molecule has 1 heterocycles. The monoisotopic (exact) mass is 345 g/mol. The average molecular weight is 346 g/mol. The SMILES string of the molecule is CCc1c(Cl)nc(CS(C)(=O)=O)nc1NC1CCCCCC1. The van der Waals surface area contributed by atoms with E-state index in [0.29, 0.717) is 23.4 Å². The number of halogens is 1. The summed E-state index contributed by atoms with van der Waals surface area (Å²) in [6, 6.07) is 0.379. The zero-order valence-electron chi connectivity index (χ0n) is 13.2. The highest BCUT2D eigenvalue weighted by Gasteiger charge is 2.18. The molecule has 1 aromatic rings. The van der Waals surface area contributed by atoms with E-state index in [1.807, 2.05) is 6.92 Å². The van der Waals surface area contributed by atoms with Gasteiger partial charge >= 0.3 is 0 Å². The summed E-state index contributed by atoms with van der Waals surface area (Å²) in [5.41, 5.74) is 0.864. The molecule has 0 unspecified atom stereocenters. The summed E-state index contributed by atoms with van der Waals surface area (Å²) < 4.78 is 22.9. The molecule has 0 amide bonds. The van der Waals surface area contributed by atoms with Crippen LogP contribution >= 0.6 is 11.6 Å². The second kappa shape index (κ2) is 7.59. The maximum Gasteiger partial charge on any atom is 0.154 e. The molecule has 124 valence electrons. The average Bonchev–Trinajstić information content (AvgIpc) is 2.65. The van der Waals surface area contributed by atoms with E-state index in [4.69, 9.17) is 11.6 Å². The fraction of sp³-hybridized carbons (Fsp3) is 0.733. The van der Waals surface area contributed by atoms with Gasteiger partial charge in [0, 0.05) is 17.9 Å². The van der Waals surface area contributed by atoms with Gasteiger partial charge in [0.2, 0.25) is 0 Å². The van der Waals surface area contributed by atoms with Crippen LogP contribution in [0.1, 0.15) is 56.8 Å². The van der Waals surface area contributed by atoms with E-state index in [-0.39, 0.29) is 11.6 Å². The van der Waals surface area contributed by atoms with Crippen molar-refractivity contribution in [3.05, 3.63) is 16.5 Å². The van der Waals surface area contributed by atoms with E-state index >= 15 is 0 Å². The predicted octanol–water partition coefficient (Wildman–Crippen LogP) is 3.37. The summed E-state index contributed by atoms with van der Waals surface area (Å²) >= 11 is 6.23. The van der Waals surface area contributed by atoms with Crippen LogP contribution in [-0.4, -0.2) is 30.7 Å². The minimum Gasteiger partial charge on any atom is -0.367 e. The van der Waals surface area contributed by atoms with Crippen molar-refractivity contribution in [1.82, 2.24) is 9.97 Å². The van der Waals surface area contributed by atoms with E-state index in [2.05, 4.69) is 15.3 Å². The molecule has 1 saturated carbocycles. The molecule has 1 N–H and O–H groups in total. The van der Waals surface area contributed by atoms with Crippen LogP contribution < -0.4 is 5.32 Å². The normalized spacial score (nSPS) is 17.2. The van der Waals surface area contributed by atoms with Gasteiger partial charge in [-0.15, -0.1) is 0 Å². The van der Waals surface area contributed by atoms with Crippen molar-refractivity contribution in [3.63, 3.8) is 0 Å². The Labute approximate surface area is 137 Å². The third-order valence-electron chi connectivity index (χ3n) is 3.94. The number of sulfone groups is 1. The molecule has 2 rings (SSSR count). The highest BCUT2D eigenvalue weighted by atomic mass is 35.5. The van der Waals surface area contributed by atoms with Crippen molar-refractivity contribution in [1.29, 1.82) is 0 Å². The number of hydrogen-bond donors (Lipinski definition) is 1. The first-order chi connectivity index (χ1) is 10.4. The maximum atomic E-state index is 11.5. The lowest BCUT2D eigenvalue weighted by Gasteiger charge is -2.20. The van der Waals surface area contributed by atoms with Crippen LogP contribution in [0.2, 0.25) is 5.15 Å². The van der Waals surface area contributed by atoms with Crippen molar-refractivity contribution in [2.75, 3.05) is 11.6 Å². The van der Waals surface area contributed by atoms with Gasteiger partial charge in [-0.05, 0) is 19.3 Å². The molecule has 1 fully saturated rings. The van der Waals surface area contributed by atoms with Gasteiger partial charge in [-0.25, -0.2) is 18.4 Å². The molecule has 0 aromatic carbocycles. The van der Waals surface area contributed by atoms with Gasteiger partial charge in [-0.1, -0.05) is 44.2 Å². The Morgan fingerprint density at radius 3 is 2.36 bits per heavy atom. The van der Waals surface area contributed by atoms with E-state index in [1.54, 1.807) is 0 Å². The lowest BCUT2D eigenvalue weighted by Crippen LogP contribution is -2.21. The van der Waals surface area contributed by atoms with Gasteiger partial charge in [-0.3, -0.25) is 0 Å². The van der Waals surface area contributed by atoms with Crippen molar-refractivity contribution in [3.8, 4) is 0 Å². The molecule has 0 aliphatic heterocycles. The first-order valence-electron chi connectivity index (χ1n) is 7.88. The van der Waals surface area contributed by atoms with Gasteiger partial charge in [0.05, 0.1) is 0 Å². The quantitative estimate of drug-likeness (QED) is 0.654. The first kappa shape index (κ1) is 17.5. The summed E-state index contributed by atoms with van der Waals surface area (Å²) in [5, 5.41) is 3.83. The van der Waals surface area contributed by atoms with Crippen LogP contribution in [0.3, 0.4) is 0 Å². The standard InChI is InChI=1S/C15H24ClN3O2S/c1-3-12-14(16)18-13(10-22(2,20)21)19-15(12)17-11-8-6-4-5-7-9-11/h11H,3-10H2,1-2H3,(H,17,18,19). The zero-order chi connectivity index (χ0) is 16.2. The van der Waals surface area contributed by atoms with Crippen LogP contribution in [-0.2, 0) is 22.0 Å². The second-order valence-corrected chi connectivity index (χ2v) is 8.51. The highest BCUT2D eigenvalue weighted by molar-refractivity contribution is 7.89. The van der Waals surface area contributed by atoms with Crippen molar-refractivity contribution in [2.45, 2.75) is 63.7 Å². The summed E-state index contributed by atoms with van der Waals surface area (Å²) in [6.07, 6.45) is 9.12. The minimum atomic E-state index is -3.18. The lowest BCUT2D eigenvalue weighted by atomic mass is 10.1. The third-order valence-corrected chi connectivity index (χ3v) is 5.04. The van der Waals surface area contributed by atoms with Gasteiger partial charge < -0.3 is 5.32 Å². The minimum absolute atomic E-state index is 0.184. The van der Waals surface area contributed by atoms with Crippen molar-refractivity contribution in [2.24, 2.45) is 0 Å². The maximum absolute atomic E-state index is 11.5. The van der Waals surface area contributed by atoms with Crippen LogP contribution in [0, 0.1) is 0 Å². The van der Waals surface area contributed by atoms with Gasteiger partial charge in [0.15, 0.2) is 9.84 Å². The second-order valence-electron chi connectivity index (χ2n) is 6.01. The van der Waals surface area contributed by atoms with Crippen LogP contribution in [0.25, 0.3) is 0 Å². The van der Waals surface area contributed by atoms with Crippen molar-refractivity contribution < 1.29 is 8.42 Å². The summed E-state index contributed by atoms with van der Waals surface area (Å²) in [7, 11) is -3.18. The van der Waals surface area contributed by atoms with Crippen molar-refractivity contribution >= 4 is 27.3 Å². The molecular weight excluding hydrogens is 322 g/mol. The van der Waals surface area contributed by atoms with E-state index in [0.717, 1.165) is 18.4 Å². The molecule has 1 aliphatic carbocycles. The molecule has 1 aliphatic rings. The fourth-order valence-corrected chi connectivity index (χ4v) is 3.77. The van der Waals surface area contributed by atoms with E-state index in [1.165, 1.54) is 31.9 Å². The van der Waals surface area contributed by atoms with Gasteiger partial charge in [0.1, 0.15) is 22.5 Å². The molecule has 22 heavy (non-hydrogen) atoms.